The van der Waals surface area contributed by atoms with E-state index in [1.165, 1.54) is 0 Å². The van der Waals surface area contributed by atoms with Gasteiger partial charge in [-0.15, -0.1) is 0 Å². The predicted molar refractivity (Wildman–Crippen MR) is 204 cm³/mol. The predicted octanol–water partition coefficient (Wildman–Crippen LogP) is 10.5. The fourth-order valence-electron chi connectivity index (χ4n) is 5.25. The number of anilines is 2. The first-order valence-corrected chi connectivity index (χ1v) is 17.3. The molecule has 0 saturated carbocycles. The van der Waals surface area contributed by atoms with Crippen molar-refractivity contribution in [2.24, 2.45) is 0 Å². The first kappa shape index (κ1) is 37.4. The molecule has 0 radical (unpaired) electrons. The third-order valence-electron chi connectivity index (χ3n) is 7.80. The molecule has 12 heteroatoms. The molecule has 6 rings (SSSR count). The van der Waals surface area contributed by atoms with E-state index in [0.29, 0.717) is 68.1 Å². The maximum atomic E-state index is 13.1. The van der Waals surface area contributed by atoms with Crippen molar-refractivity contribution in [3.63, 3.8) is 0 Å². The summed E-state index contributed by atoms with van der Waals surface area (Å²) in [6, 6.07) is 31.9. The summed E-state index contributed by atoms with van der Waals surface area (Å²) < 4.78 is 10.8. The van der Waals surface area contributed by atoms with E-state index in [2.05, 4.69) is 5.32 Å². The van der Waals surface area contributed by atoms with E-state index in [1.54, 1.807) is 101 Å². The van der Waals surface area contributed by atoms with E-state index in [-0.39, 0.29) is 18.4 Å². The molecule has 2 heterocycles. The number of carbonyl (C=O) groups is 2. The zero-order valence-corrected chi connectivity index (χ0v) is 30.5. The molecule has 0 atom stereocenters. The first-order chi connectivity index (χ1) is 24.6. The summed E-state index contributed by atoms with van der Waals surface area (Å²) in [6.07, 6.45) is 3.16. The van der Waals surface area contributed by atoms with E-state index in [0.717, 1.165) is 16.8 Å². The van der Waals surface area contributed by atoms with Crippen molar-refractivity contribution in [1.29, 1.82) is 0 Å². The second-order valence-corrected chi connectivity index (χ2v) is 13.0. The lowest BCUT2D eigenvalue weighted by Crippen LogP contribution is -2.30. The van der Waals surface area contributed by atoms with Crippen molar-refractivity contribution in [3.05, 3.63) is 176 Å². The molecule has 6 aromatic rings. The van der Waals surface area contributed by atoms with Crippen molar-refractivity contribution in [1.82, 2.24) is 9.80 Å². The summed E-state index contributed by atoms with van der Waals surface area (Å²) in [6.45, 7) is 1.27. The molecular formula is C39H34Cl4N4O4. The Morgan fingerprint density at radius 3 is 1.55 bits per heavy atom. The number of nitrogens with zero attached hydrogens (tertiary/aromatic N) is 2. The number of amides is 2. The second-order valence-electron chi connectivity index (χ2n) is 11.3. The number of nitrogen functional groups attached to an aromatic ring is 1. The lowest BCUT2D eigenvalue weighted by atomic mass is 10.1. The quantitative estimate of drug-likeness (QED) is 0.127. The fourth-order valence-corrected chi connectivity index (χ4v) is 6.07. The van der Waals surface area contributed by atoms with Crippen LogP contribution in [0.5, 0.6) is 0 Å². The maximum absolute atomic E-state index is 13.1. The summed E-state index contributed by atoms with van der Waals surface area (Å²) >= 11 is 24.6. The Labute approximate surface area is 316 Å². The Hall–Kier alpha value is -4.86. The summed E-state index contributed by atoms with van der Waals surface area (Å²) in [4.78, 5) is 29.5. The van der Waals surface area contributed by atoms with Crippen LogP contribution in [0.1, 0.15) is 43.4 Å². The molecule has 0 bridgehead atoms. The maximum Gasteiger partial charge on any atom is 0.256 e. The van der Waals surface area contributed by atoms with Crippen LogP contribution in [0.15, 0.2) is 131 Å². The van der Waals surface area contributed by atoms with Crippen LogP contribution >= 0.6 is 46.4 Å². The summed E-state index contributed by atoms with van der Waals surface area (Å²) in [5, 5.41) is 5.12. The van der Waals surface area contributed by atoms with Gasteiger partial charge in [-0.3, -0.25) is 9.59 Å². The molecule has 0 aliphatic carbocycles. The number of rotatable bonds is 11. The molecular weight excluding hydrogens is 730 g/mol. The minimum absolute atomic E-state index is 0.172. The standard InChI is InChI=1S/C20H18Cl2N2O2.C19H16Cl2N2O2/c1-23-19-9-8-15(21)11-14(19)12-24(13-16-5-4-10-26-16)20(25)17-6-2-3-7-18(17)22;20-14-7-8-18(22)13(10-14)11-23(12-15-4-3-9-25-15)19(24)16-5-1-2-6-17(16)21/h2-11,23H,12-13H2,1H3;1-10H,11-12,22H2. The van der Waals surface area contributed by atoms with Gasteiger partial charge in [0.1, 0.15) is 11.5 Å². The van der Waals surface area contributed by atoms with Gasteiger partial charge >= 0.3 is 0 Å². The molecule has 262 valence electrons. The highest BCUT2D eigenvalue weighted by Gasteiger charge is 2.22. The number of carbonyl (C=O) groups excluding carboxylic acids is 2. The molecule has 4 aromatic carbocycles. The van der Waals surface area contributed by atoms with Gasteiger partial charge < -0.3 is 29.7 Å². The Morgan fingerprint density at radius 2 is 1.08 bits per heavy atom. The molecule has 51 heavy (non-hydrogen) atoms. The van der Waals surface area contributed by atoms with E-state index >= 15 is 0 Å². The smallest absolute Gasteiger partial charge is 0.256 e. The number of nitrogens with two attached hydrogens (primary N) is 1. The lowest BCUT2D eigenvalue weighted by molar-refractivity contribution is 0.0712. The second kappa shape index (κ2) is 17.9. The molecule has 0 saturated heterocycles. The van der Waals surface area contributed by atoms with E-state index in [9.17, 15) is 9.59 Å². The van der Waals surface area contributed by atoms with Gasteiger partial charge in [0.2, 0.25) is 0 Å². The van der Waals surface area contributed by atoms with E-state index < -0.39 is 0 Å². The zero-order chi connectivity index (χ0) is 36.3. The van der Waals surface area contributed by atoms with Gasteiger partial charge in [-0.05, 0) is 96.1 Å². The van der Waals surface area contributed by atoms with Gasteiger partial charge in [0, 0.05) is 41.6 Å². The van der Waals surface area contributed by atoms with Crippen molar-refractivity contribution >= 4 is 69.6 Å². The fraction of sp³-hybridized carbons (Fsp3) is 0.128. The van der Waals surface area contributed by atoms with Crippen LogP contribution < -0.4 is 11.1 Å². The number of nitrogens with one attached hydrogen (secondary N) is 1. The van der Waals surface area contributed by atoms with Crippen LogP contribution in [0.4, 0.5) is 11.4 Å². The van der Waals surface area contributed by atoms with Gasteiger partial charge in [0.25, 0.3) is 11.8 Å². The average molecular weight is 765 g/mol. The van der Waals surface area contributed by atoms with Gasteiger partial charge in [0.05, 0.1) is 46.8 Å². The Bertz CT molecular complexity index is 2070. The van der Waals surface area contributed by atoms with Gasteiger partial charge in [0.15, 0.2) is 0 Å². The molecule has 0 aliphatic heterocycles. The highest BCUT2D eigenvalue weighted by molar-refractivity contribution is 6.34. The van der Waals surface area contributed by atoms with Gasteiger partial charge in [-0.2, -0.15) is 0 Å². The van der Waals surface area contributed by atoms with E-state index in [1.807, 2.05) is 37.4 Å². The third-order valence-corrected chi connectivity index (χ3v) is 8.93. The minimum Gasteiger partial charge on any atom is -0.467 e. The summed E-state index contributed by atoms with van der Waals surface area (Å²) in [7, 11) is 1.83. The van der Waals surface area contributed by atoms with E-state index in [4.69, 9.17) is 61.0 Å². The number of halogens is 4. The molecule has 2 amide bonds. The number of benzene rings is 4. The normalized spacial score (nSPS) is 10.6. The first-order valence-electron chi connectivity index (χ1n) is 15.8. The third kappa shape index (κ3) is 10.1. The number of hydrogen-bond acceptors (Lipinski definition) is 6. The molecule has 2 aromatic heterocycles. The van der Waals surface area contributed by atoms with Crippen LogP contribution in [0.25, 0.3) is 0 Å². The molecule has 3 N–H and O–H groups in total. The van der Waals surface area contributed by atoms with Crippen LogP contribution in [-0.2, 0) is 26.2 Å². The molecule has 0 fully saturated rings. The highest BCUT2D eigenvalue weighted by atomic mass is 35.5. The molecule has 8 nitrogen and oxygen atoms in total. The topological polar surface area (TPSA) is 105 Å². The van der Waals surface area contributed by atoms with Crippen LogP contribution in [-0.4, -0.2) is 28.7 Å². The van der Waals surface area contributed by atoms with Crippen molar-refractivity contribution in [3.8, 4) is 0 Å². The average Bonchev–Trinajstić information content (AvgIpc) is 3.84. The van der Waals surface area contributed by atoms with Gasteiger partial charge in [-0.1, -0.05) is 70.7 Å². The zero-order valence-electron chi connectivity index (χ0n) is 27.5. The Morgan fingerprint density at radius 1 is 0.608 bits per heavy atom. The Kier molecular flexibility index (Phi) is 13.1. The van der Waals surface area contributed by atoms with Crippen molar-refractivity contribution in [2.75, 3.05) is 18.1 Å². The lowest BCUT2D eigenvalue weighted by Gasteiger charge is -2.24. The minimum atomic E-state index is -0.207. The largest absolute Gasteiger partial charge is 0.467 e. The summed E-state index contributed by atoms with van der Waals surface area (Å²) in [5.41, 5.74) is 10.1. The number of furan rings is 2. The molecule has 0 unspecified atom stereocenters. The monoisotopic (exact) mass is 762 g/mol. The number of hydrogen-bond donors (Lipinski definition) is 2. The molecule has 0 spiro atoms. The van der Waals surface area contributed by atoms with Gasteiger partial charge in [-0.25, -0.2) is 0 Å². The van der Waals surface area contributed by atoms with Crippen molar-refractivity contribution in [2.45, 2.75) is 26.2 Å². The highest BCUT2D eigenvalue weighted by Crippen LogP contribution is 2.27. The van der Waals surface area contributed by atoms with Crippen LogP contribution in [0.3, 0.4) is 0 Å². The SMILES string of the molecule is CNc1ccc(Cl)cc1CN(Cc1ccco1)C(=O)c1ccccc1Cl.Nc1ccc(Cl)cc1CN(Cc1ccco1)C(=O)c1ccccc1Cl. The van der Waals surface area contributed by atoms with Crippen LogP contribution in [0.2, 0.25) is 20.1 Å². The summed E-state index contributed by atoms with van der Waals surface area (Å²) in [5.74, 6) is 0.981. The van der Waals surface area contributed by atoms with Crippen molar-refractivity contribution < 1.29 is 18.4 Å². The molecule has 0 aliphatic rings. The van der Waals surface area contributed by atoms with Crippen LogP contribution in [0, 0.1) is 0 Å². The Balaban J connectivity index is 0.000000198.